The average Bonchev–Trinajstić information content (AvgIpc) is 2.91. The van der Waals surface area contributed by atoms with Crippen molar-refractivity contribution in [3.63, 3.8) is 0 Å². The number of halogens is 1. The lowest BCUT2D eigenvalue weighted by Crippen LogP contribution is -2.52. The van der Waals surface area contributed by atoms with Crippen LogP contribution in [0.3, 0.4) is 0 Å². The van der Waals surface area contributed by atoms with Crippen molar-refractivity contribution in [2.24, 2.45) is 0 Å². The molecule has 3 rings (SSSR count). The maximum absolute atomic E-state index is 13.9. The standard InChI is InChI=1S/C29H34FN3O4S/c1-5-22(3)31-29(35)23(4)32(19-24-15-17-25(30)18-16-24)28(34)20-33(27-14-10-9-11-21(27)2)38(36,37)26-12-7-6-8-13-26/h6-18,22-23H,5,19-20H2,1-4H3,(H,31,35)/t22-,23-/m0/s1. The van der Waals surface area contributed by atoms with Crippen LogP contribution in [-0.2, 0) is 26.2 Å². The number of rotatable bonds is 11. The maximum Gasteiger partial charge on any atom is 0.264 e. The monoisotopic (exact) mass is 539 g/mol. The second kappa shape index (κ2) is 12.7. The minimum absolute atomic E-state index is 0.00119. The lowest BCUT2D eigenvalue weighted by atomic mass is 10.1. The van der Waals surface area contributed by atoms with Gasteiger partial charge in [0.05, 0.1) is 10.6 Å². The van der Waals surface area contributed by atoms with Gasteiger partial charge in [-0.2, -0.15) is 0 Å². The van der Waals surface area contributed by atoms with Crippen molar-refractivity contribution in [3.05, 3.63) is 95.8 Å². The van der Waals surface area contributed by atoms with Crippen molar-refractivity contribution in [1.82, 2.24) is 10.2 Å². The van der Waals surface area contributed by atoms with Gasteiger partial charge in [-0.25, -0.2) is 12.8 Å². The molecule has 202 valence electrons. The molecule has 0 fully saturated rings. The van der Waals surface area contributed by atoms with Crippen LogP contribution in [0.15, 0.2) is 83.8 Å². The van der Waals surface area contributed by atoms with Gasteiger partial charge in [0.2, 0.25) is 11.8 Å². The number of para-hydroxylation sites is 1. The molecule has 0 aliphatic rings. The molecule has 38 heavy (non-hydrogen) atoms. The first-order valence-electron chi connectivity index (χ1n) is 12.5. The van der Waals surface area contributed by atoms with Gasteiger partial charge in [-0.1, -0.05) is 55.5 Å². The SMILES string of the molecule is CC[C@H](C)NC(=O)[C@H](C)N(Cc1ccc(F)cc1)C(=O)CN(c1ccccc1C)S(=O)(=O)c1ccccc1. The zero-order chi connectivity index (χ0) is 27.9. The number of amides is 2. The summed E-state index contributed by atoms with van der Waals surface area (Å²) in [6, 6.07) is 19.4. The fourth-order valence-electron chi connectivity index (χ4n) is 3.91. The van der Waals surface area contributed by atoms with E-state index in [1.54, 1.807) is 56.3 Å². The fraction of sp³-hybridized carbons (Fsp3) is 0.310. The molecule has 7 nitrogen and oxygen atoms in total. The Morgan fingerprint density at radius 3 is 2.13 bits per heavy atom. The van der Waals surface area contributed by atoms with Crippen LogP contribution in [0.1, 0.15) is 38.3 Å². The van der Waals surface area contributed by atoms with E-state index in [-0.39, 0.29) is 23.4 Å². The third-order valence-corrected chi connectivity index (χ3v) is 8.20. The molecule has 1 N–H and O–H groups in total. The Hall–Kier alpha value is -3.72. The summed E-state index contributed by atoms with van der Waals surface area (Å²) < 4.78 is 42.1. The van der Waals surface area contributed by atoms with Crippen LogP contribution in [0.5, 0.6) is 0 Å². The average molecular weight is 540 g/mol. The van der Waals surface area contributed by atoms with Crippen molar-refractivity contribution < 1.29 is 22.4 Å². The van der Waals surface area contributed by atoms with Gasteiger partial charge in [0, 0.05) is 12.6 Å². The molecule has 2 amide bonds. The molecule has 0 aliphatic carbocycles. The van der Waals surface area contributed by atoms with E-state index in [1.807, 2.05) is 13.8 Å². The molecular formula is C29H34FN3O4S. The van der Waals surface area contributed by atoms with E-state index in [1.165, 1.54) is 41.3 Å². The van der Waals surface area contributed by atoms with Crippen molar-refractivity contribution in [3.8, 4) is 0 Å². The summed E-state index contributed by atoms with van der Waals surface area (Å²) in [4.78, 5) is 28.3. The quantitative estimate of drug-likeness (QED) is 0.384. The van der Waals surface area contributed by atoms with Gasteiger partial charge >= 0.3 is 0 Å². The largest absolute Gasteiger partial charge is 0.352 e. The summed E-state index contributed by atoms with van der Waals surface area (Å²) in [5, 5.41) is 2.89. The molecule has 0 aromatic heterocycles. The van der Waals surface area contributed by atoms with Crippen molar-refractivity contribution in [2.75, 3.05) is 10.8 Å². The number of sulfonamides is 1. The van der Waals surface area contributed by atoms with Gasteiger partial charge < -0.3 is 10.2 Å². The molecule has 3 aromatic carbocycles. The van der Waals surface area contributed by atoms with Crippen molar-refractivity contribution >= 4 is 27.5 Å². The Balaban J connectivity index is 2.02. The topological polar surface area (TPSA) is 86.8 Å². The second-order valence-electron chi connectivity index (χ2n) is 9.25. The molecule has 0 aliphatic heterocycles. The van der Waals surface area contributed by atoms with Crippen LogP contribution in [-0.4, -0.2) is 43.8 Å². The van der Waals surface area contributed by atoms with E-state index in [0.717, 1.165) is 4.31 Å². The molecule has 0 heterocycles. The molecule has 3 aromatic rings. The van der Waals surface area contributed by atoms with Gasteiger partial charge in [-0.3, -0.25) is 13.9 Å². The molecular weight excluding hydrogens is 505 g/mol. The lowest BCUT2D eigenvalue weighted by Gasteiger charge is -2.33. The first kappa shape index (κ1) is 28.8. The number of aryl methyl sites for hydroxylation is 1. The van der Waals surface area contributed by atoms with Crippen LogP contribution in [0.25, 0.3) is 0 Å². The molecule has 2 atom stereocenters. The van der Waals surface area contributed by atoms with Crippen LogP contribution in [0.2, 0.25) is 0 Å². The summed E-state index contributed by atoms with van der Waals surface area (Å²) in [6.07, 6.45) is 0.709. The number of nitrogens with one attached hydrogen (secondary N) is 1. The van der Waals surface area contributed by atoms with E-state index in [2.05, 4.69) is 5.32 Å². The first-order chi connectivity index (χ1) is 18.0. The van der Waals surface area contributed by atoms with Crippen LogP contribution < -0.4 is 9.62 Å². The molecule has 0 spiro atoms. The molecule has 0 saturated carbocycles. The maximum atomic E-state index is 13.9. The summed E-state index contributed by atoms with van der Waals surface area (Å²) in [7, 11) is -4.12. The number of nitrogens with zero attached hydrogens (tertiary/aromatic N) is 2. The summed E-state index contributed by atoms with van der Waals surface area (Å²) in [5.74, 6) is -1.35. The third-order valence-electron chi connectivity index (χ3n) is 6.43. The Bertz CT molecular complexity index is 1350. The fourth-order valence-corrected chi connectivity index (χ4v) is 5.41. The normalized spacial score (nSPS) is 12.9. The lowest BCUT2D eigenvalue weighted by molar-refractivity contribution is -0.139. The van der Waals surface area contributed by atoms with E-state index in [4.69, 9.17) is 0 Å². The van der Waals surface area contributed by atoms with Crippen LogP contribution in [0, 0.1) is 12.7 Å². The Morgan fingerprint density at radius 2 is 1.53 bits per heavy atom. The van der Waals surface area contributed by atoms with Crippen molar-refractivity contribution in [1.29, 1.82) is 0 Å². The summed E-state index contributed by atoms with van der Waals surface area (Å²) in [5.41, 5.74) is 1.65. The number of carbonyl (C=O) groups excluding carboxylic acids is 2. The number of hydrogen-bond donors (Lipinski definition) is 1. The second-order valence-corrected chi connectivity index (χ2v) is 11.1. The van der Waals surface area contributed by atoms with Gasteiger partial charge in [0.25, 0.3) is 10.0 Å². The molecule has 9 heteroatoms. The van der Waals surface area contributed by atoms with E-state index < -0.39 is 34.3 Å². The molecule has 0 bridgehead atoms. The van der Waals surface area contributed by atoms with E-state index in [0.29, 0.717) is 23.2 Å². The van der Waals surface area contributed by atoms with E-state index in [9.17, 15) is 22.4 Å². The number of benzene rings is 3. The van der Waals surface area contributed by atoms with Gasteiger partial charge in [0.15, 0.2) is 0 Å². The highest BCUT2D eigenvalue weighted by Gasteiger charge is 2.33. The number of hydrogen-bond acceptors (Lipinski definition) is 4. The predicted octanol–water partition coefficient (Wildman–Crippen LogP) is 4.66. The highest BCUT2D eigenvalue weighted by atomic mass is 32.2. The van der Waals surface area contributed by atoms with Crippen LogP contribution >= 0.6 is 0 Å². The summed E-state index contributed by atoms with van der Waals surface area (Å²) >= 11 is 0. The minimum Gasteiger partial charge on any atom is -0.352 e. The highest BCUT2D eigenvalue weighted by molar-refractivity contribution is 7.92. The first-order valence-corrected chi connectivity index (χ1v) is 14.0. The zero-order valence-corrected chi connectivity index (χ0v) is 22.9. The van der Waals surface area contributed by atoms with E-state index >= 15 is 0 Å². The Kier molecular flexibility index (Phi) is 9.63. The van der Waals surface area contributed by atoms with Crippen molar-refractivity contribution in [2.45, 2.75) is 57.6 Å². The highest BCUT2D eigenvalue weighted by Crippen LogP contribution is 2.27. The van der Waals surface area contributed by atoms with Crippen LogP contribution in [0.4, 0.5) is 10.1 Å². The Labute approximate surface area is 224 Å². The van der Waals surface area contributed by atoms with Gasteiger partial charge in [-0.05, 0) is 68.7 Å². The number of carbonyl (C=O) groups is 2. The summed E-state index contributed by atoms with van der Waals surface area (Å²) in [6.45, 7) is 6.65. The zero-order valence-electron chi connectivity index (χ0n) is 22.1. The smallest absolute Gasteiger partial charge is 0.264 e. The molecule has 0 unspecified atom stereocenters. The van der Waals surface area contributed by atoms with Gasteiger partial charge in [0.1, 0.15) is 18.4 Å². The minimum atomic E-state index is -4.12. The Morgan fingerprint density at radius 1 is 0.921 bits per heavy atom. The van der Waals surface area contributed by atoms with Gasteiger partial charge in [-0.15, -0.1) is 0 Å². The third kappa shape index (κ3) is 6.98. The predicted molar refractivity (Wildman–Crippen MR) is 146 cm³/mol. The molecule has 0 saturated heterocycles. The number of anilines is 1. The molecule has 0 radical (unpaired) electrons.